The first-order valence-corrected chi connectivity index (χ1v) is 10.1. The van der Waals surface area contributed by atoms with Crippen molar-refractivity contribution in [2.75, 3.05) is 23.8 Å². The number of rotatable bonds is 7. The Morgan fingerprint density at radius 1 is 1.19 bits per heavy atom. The van der Waals surface area contributed by atoms with Gasteiger partial charge in [-0.2, -0.15) is 4.31 Å². The molecule has 0 atom stereocenters. The zero-order valence-electron chi connectivity index (χ0n) is 15.3. The largest absolute Gasteiger partial charge is 0.337 e. The summed E-state index contributed by atoms with van der Waals surface area (Å²) in [5.41, 5.74) is 6.48. The quantitative estimate of drug-likeness (QED) is 0.607. The minimum Gasteiger partial charge on any atom is -0.307 e. The summed E-state index contributed by atoms with van der Waals surface area (Å²) in [6.45, 7) is 6.17. The average molecular weight is 412 g/mol. The molecule has 0 unspecified atom stereocenters. The van der Waals surface area contributed by atoms with Gasteiger partial charge in [-0.3, -0.25) is 10.9 Å². The fraction of sp³-hybridized carbons (Fsp3) is 0.294. The average Bonchev–Trinajstić information content (AvgIpc) is 2.64. The fourth-order valence-electron chi connectivity index (χ4n) is 2.27. The molecular formula is C17H22ClN5O3S. The number of carbonyl (C=O) groups excluding carboxylic acids is 1. The van der Waals surface area contributed by atoms with E-state index in [1.54, 1.807) is 32.0 Å². The van der Waals surface area contributed by atoms with Gasteiger partial charge in [0, 0.05) is 30.0 Å². The molecule has 0 saturated heterocycles. The predicted octanol–water partition coefficient (Wildman–Crippen LogP) is 3.22. The molecule has 1 aromatic heterocycles. The third-order valence-corrected chi connectivity index (χ3v) is 6.25. The van der Waals surface area contributed by atoms with Crippen LogP contribution in [-0.4, -0.2) is 36.8 Å². The molecule has 0 aliphatic carbocycles. The second-order valence-electron chi connectivity index (χ2n) is 5.64. The van der Waals surface area contributed by atoms with E-state index >= 15 is 0 Å². The summed E-state index contributed by atoms with van der Waals surface area (Å²) in [7, 11) is -3.57. The molecule has 10 heteroatoms. The minimum atomic E-state index is -3.57. The summed E-state index contributed by atoms with van der Waals surface area (Å²) in [5, 5.41) is 3.17. The van der Waals surface area contributed by atoms with Crippen molar-refractivity contribution in [1.82, 2.24) is 14.7 Å². The van der Waals surface area contributed by atoms with Crippen LogP contribution in [0.5, 0.6) is 0 Å². The highest BCUT2D eigenvalue weighted by Gasteiger charge is 2.21. The van der Waals surface area contributed by atoms with Gasteiger partial charge in [0.15, 0.2) is 0 Å². The summed E-state index contributed by atoms with van der Waals surface area (Å²) < 4.78 is 26.1. The monoisotopic (exact) mass is 411 g/mol. The molecule has 0 radical (unpaired) electrons. The molecule has 2 amide bonds. The Kier molecular flexibility index (Phi) is 7.00. The molecule has 146 valence electrons. The topological polar surface area (TPSA) is 103 Å². The maximum Gasteiger partial charge on any atom is 0.337 e. The van der Waals surface area contributed by atoms with Crippen LogP contribution in [-0.2, 0) is 10.0 Å². The van der Waals surface area contributed by atoms with Gasteiger partial charge < -0.3 is 5.32 Å². The minimum absolute atomic E-state index is 0.0931. The first-order chi connectivity index (χ1) is 12.8. The van der Waals surface area contributed by atoms with E-state index in [2.05, 4.69) is 21.2 Å². The molecule has 0 fully saturated rings. The molecule has 0 aliphatic rings. The van der Waals surface area contributed by atoms with E-state index in [1.165, 1.54) is 22.6 Å². The van der Waals surface area contributed by atoms with Crippen molar-refractivity contribution in [3.63, 3.8) is 0 Å². The lowest BCUT2D eigenvalue weighted by Gasteiger charge is -2.18. The normalized spacial score (nSPS) is 11.3. The number of hydrazine groups is 1. The number of nitrogens with one attached hydrogen (secondary N) is 3. The van der Waals surface area contributed by atoms with Gasteiger partial charge in [-0.25, -0.2) is 18.2 Å². The summed E-state index contributed by atoms with van der Waals surface area (Å²) in [6.07, 6.45) is 1.25. The molecule has 0 aliphatic heterocycles. The fourth-order valence-corrected chi connectivity index (χ4v) is 3.86. The maximum absolute atomic E-state index is 12.4. The molecular weight excluding hydrogens is 390 g/mol. The summed E-state index contributed by atoms with van der Waals surface area (Å²) in [6, 6.07) is 7.55. The Morgan fingerprint density at radius 3 is 2.44 bits per heavy atom. The van der Waals surface area contributed by atoms with E-state index in [-0.39, 0.29) is 4.90 Å². The number of aryl methyl sites for hydroxylation is 1. The summed E-state index contributed by atoms with van der Waals surface area (Å²) in [5.74, 6) is 0.297. The molecule has 8 nitrogen and oxygen atoms in total. The molecule has 2 rings (SSSR count). The van der Waals surface area contributed by atoms with Crippen LogP contribution in [0.3, 0.4) is 0 Å². The second kappa shape index (κ2) is 9.03. The van der Waals surface area contributed by atoms with Crippen LogP contribution in [0.1, 0.15) is 19.4 Å². The molecule has 2 aromatic rings. The van der Waals surface area contributed by atoms with Crippen LogP contribution in [0.25, 0.3) is 0 Å². The highest BCUT2D eigenvalue weighted by atomic mass is 35.5. The predicted molar refractivity (Wildman–Crippen MR) is 106 cm³/mol. The van der Waals surface area contributed by atoms with Crippen molar-refractivity contribution in [3.8, 4) is 0 Å². The van der Waals surface area contributed by atoms with Crippen molar-refractivity contribution in [2.24, 2.45) is 0 Å². The Balaban J connectivity index is 1.96. The van der Waals surface area contributed by atoms with Crippen molar-refractivity contribution in [1.29, 1.82) is 0 Å². The van der Waals surface area contributed by atoms with E-state index in [4.69, 9.17) is 11.6 Å². The van der Waals surface area contributed by atoms with Crippen LogP contribution in [0.4, 0.5) is 16.3 Å². The van der Waals surface area contributed by atoms with E-state index < -0.39 is 16.1 Å². The van der Waals surface area contributed by atoms with Crippen molar-refractivity contribution in [3.05, 3.63) is 47.1 Å². The van der Waals surface area contributed by atoms with Crippen LogP contribution < -0.4 is 16.2 Å². The Bertz CT molecular complexity index is 899. The molecule has 0 spiro atoms. The Labute approximate surface area is 164 Å². The number of nitrogens with zero attached hydrogens (tertiary/aromatic N) is 2. The molecule has 0 saturated carbocycles. The second-order valence-corrected chi connectivity index (χ2v) is 7.98. The Morgan fingerprint density at radius 2 is 1.89 bits per heavy atom. The SMILES string of the molecule is CCN(CC)S(=O)(=O)c1ccc(NNC(=O)Nc2ccc(C)c(Cl)c2)nc1. The number of pyridine rings is 1. The first kappa shape index (κ1) is 20.9. The number of hydrogen-bond acceptors (Lipinski definition) is 5. The van der Waals surface area contributed by atoms with E-state index in [1.807, 2.05) is 6.92 Å². The number of aromatic nitrogens is 1. The van der Waals surface area contributed by atoms with Gasteiger partial charge in [-0.05, 0) is 36.8 Å². The first-order valence-electron chi connectivity index (χ1n) is 8.33. The summed E-state index contributed by atoms with van der Waals surface area (Å²) >= 11 is 6.02. The van der Waals surface area contributed by atoms with Crippen LogP contribution in [0.2, 0.25) is 5.02 Å². The molecule has 1 aromatic carbocycles. The molecule has 0 bridgehead atoms. The van der Waals surface area contributed by atoms with Gasteiger partial charge in [-0.15, -0.1) is 0 Å². The van der Waals surface area contributed by atoms with Gasteiger partial charge in [0.1, 0.15) is 10.7 Å². The zero-order chi connectivity index (χ0) is 20.0. The van der Waals surface area contributed by atoms with Crippen LogP contribution in [0.15, 0.2) is 41.4 Å². The molecule has 27 heavy (non-hydrogen) atoms. The highest BCUT2D eigenvalue weighted by Crippen LogP contribution is 2.20. The third kappa shape index (κ3) is 5.31. The van der Waals surface area contributed by atoms with E-state index in [0.717, 1.165) is 5.56 Å². The number of carbonyl (C=O) groups is 1. The zero-order valence-corrected chi connectivity index (χ0v) is 16.9. The van der Waals surface area contributed by atoms with Crippen LogP contribution >= 0.6 is 11.6 Å². The Hall–Kier alpha value is -2.36. The number of urea groups is 1. The van der Waals surface area contributed by atoms with Crippen molar-refractivity contribution >= 4 is 39.2 Å². The molecule has 1 heterocycles. The number of halogens is 1. The van der Waals surface area contributed by atoms with Gasteiger partial charge in [0.2, 0.25) is 10.0 Å². The van der Waals surface area contributed by atoms with Gasteiger partial charge in [0.05, 0.1) is 0 Å². The number of hydrogen-bond donors (Lipinski definition) is 3. The van der Waals surface area contributed by atoms with Gasteiger partial charge in [0.25, 0.3) is 0 Å². The lowest BCUT2D eigenvalue weighted by Crippen LogP contribution is -2.34. The number of sulfonamides is 1. The smallest absolute Gasteiger partial charge is 0.307 e. The molecule has 3 N–H and O–H groups in total. The highest BCUT2D eigenvalue weighted by molar-refractivity contribution is 7.89. The van der Waals surface area contributed by atoms with Crippen molar-refractivity contribution < 1.29 is 13.2 Å². The van der Waals surface area contributed by atoms with Crippen LogP contribution in [0, 0.1) is 6.92 Å². The van der Waals surface area contributed by atoms with E-state index in [9.17, 15) is 13.2 Å². The summed E-state index contributed by atoms with van der Waals surface area (Å²) in [4.78, 5) is 16.0. The number of anilines is 2. The maximum atomic E-state index is 12.4. The third-order valence-electron chi connectivity index (χ3n) is 3.81. The van der Waals surface area contributed by atoms with Crippen molar-refractivity contribution in [2.45, 2.75) is 25.7 Å². The number of benzene rings is 1. The van der Waals surface area contributed by atoms with E-state index in [0.29, 0.717) is 29.6 Å². The van der Waals surface area contributed by atoms with Gasteiger partial charge >= 0.3 is 6.03 Å². The lowest BCUT2D eigenvalue weighted by atomic mass is 10.2. The number of amides is 2. The lowest BCUT2D eigenvalue weighted by molar-refractivity contribution is 0.254. The van der Waals surface area contributed by atoms with Gasteiger partial charge in [-0.1, -0.05) is 31.5 Å². The standard InChI is InChI=1S/C17H22ClN5O3S/c1-4-23(5-2)27(25,26)14-8-9-16(19-11-14)21-22-17(24)20-13-7-6-12(3)15(18)10-13/h6-11H,4-5H2,1-3H3,(H,19,21)(H2,20,22,24).